The largest absolute Gasteiger partial charge is 0.377 e. The van der Waals surface area contributed by atoms with E-state index >= 15 is 0 Å². The Bertz CT molecular complexity index is 1320. The van der Waals surface area contributed by atoms with Crippen LogP contribution in [0.15, 0.2) is 60.7 Å². The van der Waals surface area contributed by atoms with E-state index in [2.05, 4.69) is 63.8 Å². The Labute approximate surface area is 217 Å². The molecule has 1 atom stereocenters. The van der Waals surface area contributed by atoms with Gasteiger partial charge in [0, 0.05) is 18.7 Å². The second-order valence-corrected chi connectivity index (χ2v) is 10.6. The van der Waals surface area contributed by atoms with E-state index in [4.69, 9.17) is 26.3 Å². The molecular weight excluding hydrogens is 470 g/mol. The second kappa shape index (κ2) is 10.2. The van der Waals surface area contributed by atoms with Crippen LogP contribution in [-0.4, -0.2) is 39.3 Å². The predicted molar refractivity (Wildman–Crippen MR) is 144 cm³/mol. The molecular formula is C29H32ClN5O. The van der Waals surface area contributed by atoms with E-state index in [0.29, 0.717) is 24.8 Å². The van der Waals surface area contributed by atoms with Crippen molar-refractivity contribution in [3.8, 4) is 11.3 Å². The summed E-state index contributed by atoms with van der Waals surface area (Å²) in [5.41, 5.74) is 4.73. The zero-order valence-electron chi connectivity index (χ0n) is 20.7. The summed E-state index contributed by atoms with van der Waals surface area (Å²) in [7, 11) is 0. The number of ether oxygens (including phenoxy) is 1. The number of anilines is 1. The molecule has 0 N–H and O–H groups in total. The highest BCUT2D eigenvalue weighted by molar-refractivity contribution is 6.28. The van der Waals surface area contributed by atoms with E-state index < -0.39 is 0 Å². The number of fused-ring (bicyclic) bond motifs is 1. The van der Waals surface area contributed by atoms with Gasteiger partial charge in [-0.05, 0) is 41.8 Å². The van der Waals surface area contributed by atoms with Crippen LogP contribution in [0.3, 0.4) is 0 Å². The summed E-state index contributed by atoms with van der Waals surface area (Å²) in [5.74, 6) is 2.35. The van der Waals surface area contributed by atoms with Crippen LogP contribution in [0, 0.1) is 11.8 Å². The van der Waals surface area contributed by atoms with Gasteiger partial charge in [0.1, 0.15) is 11.2 Å². The van der Waals surface area contributed by atoms with Gasteiger partial charge in [-0.25, -0.2) is 4.98 Å². The molecule has 1 saturated carbocycles. The topological polar surface area (TPSA) is 56.1 Å². The molecule has 2 fully saturated rings. The zero-order chi connectivity index (χ0) is 24.5. The van der Waals surface area contributed by atoms with E-state index in [1.165, 1.54) is 31.2 Å². The summed E-state index contributed by atoms with van der Waals surface area (Å²) in [6, 6.07) is 20.9. The minimum Gasteiger partial charge on any atom is -0.377 e. The lowest BCUT2D eigenvalue weighted by atomic mass is 9.83. The maximum absolute atomic E-state index is 6.45. The molecule has 1 aliphatic carbocycles. The number of morpholine rings is 1. The van der Waals surface area contributed by atoms with Crippen LogP contribution in [-0.2, 0) is 11.3 Å². The van der Waals surface area contributed by atoms with Crippen molar-refractivity contribution in [3.05, 3.63) is 71.5 Å². The summed E-state index contributed by atoms with van der Waals surface area (Å²) in [6.45, 7) is 5.35. The second-order valence-electron chi connectivity index (χ2n) is 10.2. The number of rotatable bonds is 5. The minimum absolute atomic E-state index is 0.0884. The van der Waals surface area contributed by atoms with Crippen molar-refractivity contribution in [2.45, 2.75) is 45.2 Å². The van der Waals surface area contributed by atoms with Gasteiger partial charge < -0.3 is 14.2 Å². The molecule has 1 aliphatic heterocycles. The summed E-state index contributed by atoms with van der Waals surface area (Å²) in [4.78, 5) is 16.9. The number of hydrogen-bond acceptors (Lipinski definition) is 5. The van der Waals surface area contributed by atoms with Crippen LogP contribution < -0.4 is 4.90 Å². The van der Waals surface area contributed by atoms with Crippen molar-refractivity contribution in [1.29, 1.82) is 0 Å². The van der Waals surface area contributed by atoms with Crippen LogP contribution in [0.2, 0.25) is 5.28 Å². The number of hydrogen-bond donors (Lipinski definition) is 0. The Morgan fingerprint density at radius 1 is 0.917 bits per heavy atom. The molecule has 0 bridgehead atoms. The van der Waals surface area contributed by atoms with Gasteiger partial charge in [-0.15, -0.1) is 0 Å². The highest BCUT2D eigenvalue weighted by Crippen LogP contribution is 2.38. The van der Waals surface area contributed by atoms with Gasteiger partial charge in [-0.1, -0.05) is 80.4 Å². The fourth-order valence-corrected chi connectivity index (χ4v) is 5.92. The first kappa shape index (κ1) is 23.4. The summed E-state index contributed by atoms with van der Waals surface area (Å²) >= 11 is 6.45. The van der Waals surface area contributed by atoms with E-state index in [9.17, 15) is 0 Å². The predicted octanol–water partition coefficient (Wildman–Crippen LogP) is 6.55. The molecule has 7 heteroatoms. The first-order valence-electron chi connectivity index (χ1n) is 13.1. The van der Waals surface area contributed by atoms with Crippen molar-refractivity contribution in [2.75, 3.05) is 24.7 Å². The molecule has 4 aromatic rings. The molecule has 2 aromatic heterocycles. The van der Waals surface area contributed by atoms with Crippen molar-refractivity contribution >= 4 is 28.7 Å². The SMILES string of the molecule is C[C@H]1CC[C@H](Cn2c(N3CCOC[C@H]3c3ccccc3)nc3nc(Cl)nc(-c4ccccc4)c32)CC1. The third kappa shape index (κ3) is 4.60. The van der Waals surface area contributed by atoms with Gasteiger partial charge in [-0.2, -0.15) is 9.97 Å². The standard InChI is InChI=1S/C29H32ClN5O/c1-20-12-14-21(15-13-20)18-35-26-25(23-10-6-3-7-11-23)31-28(30)32-27(26)33-29(35)34-16-17-36-19-24(34)22-8-4-2-5-9-22/h2-11,20-21,24H,12-19H2,1H3/t20-,21-,24-/m0/s1. The molecule has 36 heavy (non-hydrogen) atoms. The van der Waals surface area contributed by atoms with Crippen LogP contribution in [0.1, 0.15) is 44.2 Å². The monoisotopic (exact) mass is 501 g/mol. The van der Waals surface area contributed by atoms with Crippen molar-refractivity contribution < 1.29 is 4.74 Å². The van der Waals surface area contributed by atoms with Crippen LogP contribution >= 0.6 is 11.6 Å². The van der Waals surface area contributed by atoms with Crippen LogP contribution in [0.4, 0.5) is 5.95 Å². The Hall–Kier alpha value is -2.96. The van der Waals surface area contributed by atoms with E-state index in [1.807, 2.05) is 18.2 Å². The van der Waals surface area contributed by atoms with Crippen molar-refractivity contribution in [3.63, 3.8) is 0 Å². The Morgan fingerprint density at radius 3 is 2.39 bits per heavy atom. The Kier molecular flexibility index (Phi) is 6.63. The molecule has 6 rings (SSSR count). The van der Waals surface area contributed by atoms with Crippen LogP contribution in [0.25, 0.3) is 22.4 Å². The Balaban J connectivity index is 1.52. The van der Waals surface area contributed by atoms with Gasteiger partial charge >= 0.3 is 0 Å². The maximum atomic E-state index is 6.45. The van der Waals surface area contributed by atoms with E-state index in [1.54, 1.807) is 0 Å². The van der Waals surface area contributed by atoms with Crippen molar-refractivity contribution in [2.24, 2.45) is 11.8 Å². The average Bonchev–Trinajstić information content (AvgIpc) is 3.28. The highest BCUT2D eigenvalue weighted by Gasteiger charge is 2.32. The number of halogens is 1. The van der Waals surface area contributed by atoms with Gasteiger partial charge in [0.05, 0.1) is 19.3 Å². The van der Waals surface area contributed by atoms with Gasteiger partial charge in [0.25, 0.3) is 0 Å². The number of nitrogens with zero attached hydrogens (tertiary/aromatic N) is 5. The lowest BCUT2D eigenvalue weighted by Crippen LogP contribution is -2.41. The third-order valence-corrected chi connectivity index (χ3v) is 7.92. The van der Waals surface area contributed by atoms with E-state index in [-0.39, 0.29) is 11.3 Å². The molecule has 3 heterocycles. The van der Waals surface area contributed by atoms with E-state index in [0.717, 1.165) is 41.7 Å². The zero-order valence-corrected chi connectivity index (χ0v) is 21.4. The summed E-state index contributed by atoms with van der Waals surface area (Å²) in [6.07, 6.45) is 5.04. The third-order valence-electron chi connectivity index (χ3n) is 7.75. The summed E-state index contributed by atoms with van der Waals surface area (Å²) in [5, 5.41) is 0.227. The van der Waals surface area contributed by atoms with Gasteiger partial charge in [-0.3, -0.25) is 0 Å². The number of benzene rings is 2. The average molecular weight is 502 g/mol. The molecule has 186 valence electrons. The molecule has 6 nitrogen and oxygen atoms in total. The molecule has 1 saturated heterocycles. The van der Waals surface area contributed by atoms with Gasteiger partial charge in [0.2, 0.25) is 11.2 Å². The molecule has 2 aliphatic rings. The lowest BCUT2D eigenvalue weighted by molar-refractivity contribution is 0.0927. The van der Waals surface area contributed by atoms with Gasteiger partial charge in [0.15, 0.2) is 5.65 Å². The normalized spacial score (nSPS) is 22.7. The first-order valence-corrected chi connectivity index (χ1v) is 13.4. The maximum Gasteiger partial charge on any atom is 0.225 e. The quantitative estimate of drug-likeness (QED) is 0.290. The molecule has 2 aromatic carbocycles. The number of aromatic nitrogens is 4. The molecule has 0 amide bonds. The molecule has 0 spiro atoms. The highest BCUT2D eigenvalue weighted by atomic mass is 35.5. The first-order chi connectivity index (χ1) is 17.7. The fourth-order valence-electron chi connectivity index (χ4n) is 5.75. The minimum atomic E-state index is 0.0884. The molecule has 0 unspecified atom stereocenters. The van der Waals surface area contributed by atoms with Crippen LogP contribution in [0.5, 0.6) is 0 Å². The lowest BCUT2D eigenvalue weighted by Gasteiger charge is -2.37. The smallest absolute Gasteiger partial charge is 0.225 e. The Morgan fingerprint density at radius 2 is 1.64 bits per heavy atom. The fraction of sp³-hybridized carbons (Fsp3) is 0.414. The summed E-state index contributed by atoms with van der Waals surface area (Å²) < 4.78 is 8.33. The number of imidazole rings is 1. The molecule has 0 radical (unpaired) electrons. The van der Waals surface area contributed by atoms with Crippen molar-refractivity contribution in [1.82, 2.24) is 19.5 Å².